The monoisotopic (exact) mass is 520 g/mol. The largest absolute Gasteiger partial charge is 0.450 e. The van der Waals surface area contributed by atoms with E-state index in [0.717, 1.165) is 0 Å². The molecule has 0 spiro atoms. The van der Waals surface area contributed by atoms with Gasteiger partial charge in [-0.2, -0.15) is 0 Å². The molecule has 1 heterocycles. The number of nitrogens with one attached hydrogen (secondary N) is 4. The van der Waals surface area contributed by atoms with E-state index >= 15 is 0 Å². The lowest BCUT2D eigenvalue weighted by molar-refractivity contribution is -0.134. The maximum absolute atomic E-state index is 13.1. The highest BCUT2D eigenvalue weighted by Gasteiger charge is 2.31. The molecule has 12 heteroatoms. The van der Waals surface area contributed by atoms with Gasteiger partial charge in [0.1, 0.15) is 24.2 Å². The summed E-state index contributed by atoms with van der Waals surface area (Å²) in [6, 6.07) is -0.449. The van der Waals surface area contributed by atoms with E-state index in [1.54, 1.807) is 45.3 Å². The highest BCUT2D eigenvalue weighted by Crippen LogP contribution is 2.08. The molecule has 0 saturated carbocycles. The van der Waals surface area contributed by atoms with Gasteiger partial charge in [0, 0.05) is 18.8 Å². The Hall–Kier alpha value is -3.70. The predicted octanol–water partition coefficient (Wildman–Crippen LogP) is 0.401. The summed E-state index contributed by atoms with van der Waals surface area (Å²) in [6.07, 6.45) is 2.86. The summed E-state index contributed by atoms with van der Waals surface area (Å²) in [5.74, 6) is -2.67. The number of pyridine rings is 1. The quantitative estimate of drug-likeness (QED) is 0.235. The van der Waals surface area contributed by atoms with Crippen LogP contribution in [0.15, 0.2) is 24.5 Å². The molecule has 37 heavy (non-hydrogen) atoms. The first-order chi connectivity index (χ1) is 17.3. The minimum atomic E-state index is -1.04. The van der Waals surface area contributed by atoms with E-state index in [1.807, 2.05) is 13.8 Å². The van der Waals surface area contributed by atoms with Gasteiger partial charge in [-0.1, -0.05) is 33.8 Å². The van der Waals surface area contributed by atoms with Gasteiger partial charge in [0.2, 0.25) is 23.6 Å². The fraction of sp³-hybridized carbons (Fsp3) is 0.600. The summed E-state index contributed by atoms with van der Waals surface area (Å²) in [4.78, 5) is 66.5. The van der Waals surface area contributed by atoms with Crippen LogP contribution in [0.1, 0.15) is 53.5 Å². The van der Waals surface area contributed by atoms with E-state index in [-0.39, 0.29) is 24.9 Å². The minimum Gasteiger partial charge on any atom is -0.450 e. The number of nitrogens with two attached hydrogens (primary N) is 1. The summed E-state index contributed by atoms with van der Waals surface area (Å²) in [5.41, 5.74) is 6.08. The molecule has 206 valence electrons. The first-order valence-corrected chi connectivity index (χ1v) is 12.4. The Bertz CT molecular complexity index is 924. The van der Waals surface area contributed by atoms with Crippen LogP contribution < -0.4 is 27.0 Å². The molecule has 6 N–H and O–H groups in total. The van der Waals surface area contributed by atoms with Crippen molar-refractivity contribution >= 4 is 29.7 Å². The van der Waals surface area contributed by atoms with Crippen LogP contribution in [0.25, 0.3) is 0 Å². The van der Waals surface area contributed by atoms with Crippen LogP contribution in [-0.4, -0.2) is 65.5 Å². The second-order valence-corrected chi connectivity index (χ2v) is 9.54. The SMILES string of the molecule is CCOC(=O)N[C@H](Cc1cccnc1)C(=O)N[C@H](C(=O)N[C@@H](C)C(=O)N[C@@H](CC(C)C)C(N)=O)C(C)C. The van der Waals surface area contributed by atoms with Crippen molar-refractivity contribution < 1.29 is 28.7 Å². The Kier molecular flexibility index (Phi) is 13.1. The highest BCUT2D eigenvalue weighted by molar-refractivity contribution is 5.95. The van der Waals surface area contributed by atoms with E-state index in [0.29, 0.717) is 12.0 Å². The zero-order valence-corrected chi connectivity index (χ0v) is 22.4. The third kappa shape index (κ3) is 11.3. The third-order valence-electron chi connectivity index (χ3n) is 5.41. The number of ether oxygens (including phenoxy) is 1. The molecule has 1 aromatic heterocycles. The van der Waals surface area contributed by atoms with Crippen LogP contribution >= 0.6 is 0 Å². The zero-order chi connectivity index (χ0) is 28.1. The van der Waals surface area contributed by atoms with Crippen molar-refractivity contribution in [2.75, 3.05) is 6.61 Å². The van der Waals surface area contributed by atoms with E-state index < -0.39 is 53.9 Å². The number of hydrogen-bond donors (Lipinski definition) is 5. The van der Waals surface area contributed by atoms with E-state index in [2.05, 4.69) is 26.3 Å². The summed E-state index contributed by atoms with van der Waals surface area (Å²) < 4.78 is 4.91. The summed E-state index contributed by atoms with van der Waals surface area (Å²) >= 11 is 0. The molecule has 0 fully saturated rings. The molecule has 0 radical (unpaired) electrons. The fourth-order valence-corrected chi connectivity index (χ4v) is 3.45. The number of aromatic nitrogens is 1. The van der Waals surface area contributed by atoms with Crippen LogP contribution in [0, 0.1) is 11.8 Å². The summed E-state index contributed by atoms with van der Waals surface area (Å²) in [7, 11) is 0. The van der Waals surface area contributed by atoms with Crippen LogP contribution in [0.2, 0.25) is 0 Å². The normalized spacial score (nSPS) is 14.2. The first-order valence-electron chi connectivity index (χ1n) is 12.4. The number of rotatable bonds is 14. The van der Waals surface area contributed by atoms with E-state index in [9.17, 15) is 24.0 Å². The second kappa shape index (κ2) is 15.4. The lowest BCUT2D eigenvalue weighted by Crippen LogP contribution is -2.59. The van der Waals surface area contributed by atoms with Crippen molar-refractivity contribution in [1.29, 1.82) is 0 Å². The molecule has 1 aromatic rings. The molecule has 0 saturated heterocycles. The first kappa shape index (κ1) is 31.3. The van der Waals surface area contributed by atoms with Gasteiger partial charge in [0.25, 0.3) is 0 Å². The van der Waals surface area contributed by atoms with Gasteiger partial charge in [-0.15, -0.1) is 0 Å². The smallest absolute Gasteiger partial charge is 0.407 e. The maximum atomic E-state index is 13.1. The van der Waals surface area contributed by atoms with Crippen LogP contribution in [0.4, 0.5) is 4.79 Å². The van der Waals surface area contributed by atoms with Gasteiger partial charge in [0.05, 0.1) is 6.61 Å². The predicted molar refractivity (Wildman–Crippen MR) is 137 cm³/mol. The van der Waals surface area contributed by atoms with Crippen LogP contribution in [-0.2, 0) is 30.3 Å². The topological polar surface area (TPSA) is 182 Å². The molecular weight excluding hydrogens is 480 g/mol. The molecule has 5 amide bonds. The summed E-state index contributed by atoms with van der Waals surface area (Å²) in [5, 5.41) is 10.3. The van der Waals surface area contributed by atoms with Gasteiger partial charge in [-0.05, 0) is 43.7 Å². The molecule has 0 bridgehead atoms. The number of primary amides is 1. The van der Waals surface area contributed by atoms with Gasteiger partial charge in [-0.25, -0.2) is 4.79 Å². The number of carbonyl (C=O) groups is 5. The molecule has 4 atom stereocenters. The Morgan fingerprint density at radius 1 is 0.919 bits per heavy atom. The molecule has 0 aliphatic rings. The number of nitrogens with zero attached hydrogens (tertiary/aromatic N) is 1. The van der Waals surface area contributed by atoms with E-state index in [1.165, 1.54) is 6.92 Å². The average Bonchev–Trinajstić information content (AvgIpc) is 2.81. The van der Waals surface area contributed by atoms with Crippen LogP contribution in [0.5, 0.6) is 0 Å². The molecule has 1 rings (SSSR count). The number of alkyl carbamates (subject to hydrolysis) is 1. The van der Waals surface area contributed by atoms with Gasteiger partial charge in [0.15, 0.2) is 0 Å². The fourth-order valence-electron chi connectivity index (χ4n) is 3.45. The number of hydrogen-bond acceptors (Lipinski definition) is 7. The van der Waals surface area contributed by atoms with Gasteiger partial charge in [-0.3, -0.25) is 24.2 Å². The molecule has 0 aromatic carbocycles. The Morgan fingerprint density at radius 2 is 1.59 bits per heavy atom. The lowest BCUT2D eigenvalue weighted by atomic mass is 10.0. The van der Waals surface area contributed by atoms with Gasteiger partial charge < -0.3 is 31.7 Å². The Labute approximate surface area is 217 Å². The van der Waals surface area contributed by atoms with Crippen molar-refractivity contribution in [2.24, 2.45) is 17.6 Å². The second-order valence-electron chi connectivity index (χ2n) is 9.54. The molecule has 0 aliphatic heterocycles. The maximum Gasteiger partial charge on any atom is 0.407 e. The molecule has 12 nitrogen and oxygen atoms in total. The van der Waals surface area contributed by atoms with Crippen LogP contribution in [0.3, 0.4) is 0 Å². The van der Waals surface area contributed by atoms with Crippen molar-refractivity contribution in [2.45, 2.75) is 78.6 Å². The Balaban J connectivity index is 2.93. The van der Waals surface area contributed by atoms with Gasteiger partial charge >= 0.3 is 6.09 Å². The summed E-state index contributed by atoms with van der Waals surface area (Å²) in [6.45, 7) is 10.5. The zero-order valence-electron chi connectivity index (χ0n) is 22.4. The number of carbonyl (C=O) groups excluding carboxylic acids is 5. The number of amides is 5. The third-order valence-corrected chi connectivity index (χ3v) is 5.41. The molecule has 0 aliphatic carbocycles. The standard InChI is InChI=1S/C25H40N6O6/c1-7-37-25(36)30-19(12-17-9-8-10-27-13-17)23(34)31-20(15(4)5)24(35)28-16(6)22(33)29-18(21(26)32)11-14(2)3/h8-10,13-16,18-20H,7,11-12H2,1-6H3,(H2,26,32)(H,28,35)(H,29,33)(H,30,36)(H,31,34)/t16-,18-,19+,20-/m0/s1. The van der Waals surface area contributed by atoms with E-state index in [4.69, 9.17) is 10.5 Å². The van der Waals surface area contributed by atoms with Crippen molar-refractivity contribution in [3.63, 3.8) is 0 Å². The lowest BCUT2D eigenvalue weighted by Gasteiger charge is -2.27. The average molecular weight is 521 g/mol. The van der Waals surface area contributed by atoms with Crippen molar-refractivity contribution in [1.82, 2.24) is 26.3 Å². The highest BCUT2D eigenvalue weighted by atomic mass is 16.5. The van der Waals surface area contributed by atoms with Crippen molar-refractivity contribution in [3.8, 4) is 0 Å². The molecular formula is C25H40N6O6. The Morgan fingerprint density at radius 3 is 2.11 bits per heavy atom. The molecule has 0 unspecified atom stereocenters. The van der Waals surface area contributed by atoms with Crippen molar-refractivity contribution in [3.05, 3.63) is 30.1 Å². The minimum absolute atomic E-state index is 0.117.